The van der Waals surface area contributed by atoms with Crippen molar-refractivity contribution in [3.05, 3.63) is 52.6 Å². The second kappa shape index (κ2) is 5.78. The molecule has 0 spiro atoms. The maximum Gasteiger partial charge on any atom is 0.335 e. The van der Waals surface area contributed by atoms with E-state index in [1.807, 2.05) is 0 Å². The lowest BCUT2D eigenvalue weighted by Gasteiger charge is -2.29. The Balaban J connectivity index is 1.58. The standard InChI is InChI=1S/C18H19N3O3/c22-17(12-4-3-5-13(10-12)18(23)24)20-8-9-21-15-7-2-1-6-14(15)19-16(21)11-20/h3-5,10H,1-2,6-9,11H2,(H,23,24). The van der Waals surface area contributed by atoms with E-state index in [1.54, 1.807) is 17.0 Å². The van der Waals surface area contributed by atoms with Gasteiger partial charge in [-0.15, -0.1) is 0 Å². The first-order valence-corrected chi connectivity index (χ1v) is 8.33. The van der Waals surface area contributed by atoms with Gasteiger partial charge < -0.3 is 14.6 Å². The Morgan fingerprint density at radius 1 is 1.08 bits per heavy atom. The highest BCUT2D eigenvalue weighted by atomic mass is 16.4. The van der Waals surface area contributed by atoms with Crippen LogP contribution in [0.4, 0.5) is 0 Å². The number of amides is 1. The smallest absolute Gasteiger partial charge is 0.335 e. The molecule has 1 aromatic heterocycles. The Morgan fingerprint density at radius 3 is 2.71 bits per heavy atom. The van der Waals surface area contributed by atoms with E-state index in [4.69, 9.17) is 10.1 Å². The number of carbonyl (C=O) groups excluding carboxylic acids is 1. The number of carboxylic acids is 1. The molecule has 2 aromatic rings. The number of fused-ring (bicyclic) bond motifs is 3. The molecule has 2 heterocycles. The molecule has 124 valence electrons. The van der Waals surface area contributed by atoms with E-state index in [0.717, 1.165) is 25.2 Å². The lowest BCUT2D eigenvalue weighted by atomic mass is 10.0. The summed E-state index contributed by atoms with van der Waals surface area (Å²) in [6.07, 6.45) is 4.51. The molecule has 0 saturated heterocycles. The van der Waals surface area contributed by atoms with Gasteiger partial charge in [0.1, 0.15) is 5.82 Å². The van der Waals surface area contributed by atoms with Gasteiger partial charge in [-0.25, -0.2) is 9.78 Å². The highest BCUT2D eigenvalue weighted by molar-refractivity contribution is 5.97. The lowest BCUT2D eigenvalue weighted by Crippen LogP contribution is -2.38. The normalized spacial score (nSPS) is 16.4. The topological polar surface area (TPSA) is 75.4 Å². The van der Waals surface area contributed by atoms with Crippen molar-refractivity contribution in [2.24, 2.45) is 0 Å². The van der Waals surface area contributed by atoms with Crippen LogP contribution in [0.2, 0.25) is 0 Å². The summed E-state index contributed by atoms with van der Waals surface area (Å²) in [6.45, 7) is 1.89. The van der Waals surface area contributed by atoms with Crippen LogP contribution < -0.4 is 0 Å². The van der Waals surface area contributed by atoms with Crippen molar-refractivity contribution < 1.29 is 14.7 Å². The molecule has 6 nitrogen and oxygen atoms in total. The molecule has 0 unspecified atom stereocenters. The van der Waals surface area contributed by atoms with Crippen LogP contribution in [0.5, 0.6) is 0 Å². The fourth-order valence-electron chi connectivity index (χ4n) is 3.65. The molecule has 0 atom stereocenters. The van der Waals surface area contributed by atoms with E-state index >= 15 is 0 Å². The summed E-state index contributed by atoms with van der Waals surface area (Å²) in [5.74, 6) is -0.201. The molecule has 0 bridgehead atoms. The van der Waals surface area contributed by atoms with Crippen LogP contribution in [0.3, 0.4) is 0 Å². The first-order chi connectivity index (χ1) is 11.6. The molecular weight excluding hydrogens is 306 g/mol. The third kappa shape index (κ3) is 2.48. The molecule has 2 aliphatic rings. The average Bonchev–Trinajstić information content (AvgIpc) is 2.99. The van der Waals surface area contributed by atoms with Gasteiger partial charge in [0.25, 0.3) is 5.91 Å². The Hall–Kier alpha value is -2.63. The van der Waals surface area contributed by atoms with Crippen LogP contribution in [-0.2, 0) is 25.9 Å². The maximum absolute atomic E-state index is 12.7. The number of aryl methyl sites for hydroxylation is 1. The van der Waals surface area contributed by atoms with Crippen molar-refractivity contribution in [1.82, 2.24) is 14.5 Å². The average molecular weight is 325 g/mol. The predicted octanol–water partition coefficient (Wildman–Crippen LogP) is 2.12. The number of carboxylic acid groups (broad SMARTS) is 1. The van der Waals surface area contributed by atoms with Gasteiger partial charge in [0, 0.05) is 24.3 Å². The number of benzene rings is 1. The second-order valence-corrected chi connectivity index (χ2v) is 6.39. The molecular formula is C18H19N3O3. The molecule has 24 heavy (non-hydrogen) atoms. The minimum absolute atomic E-state index is 0.134. The van der Waals surface area contributed by atoms with Gasteiger partial charge in [0.15, 0.2) is 0 Å². The van der Waals surface area contributed by atoms with Crippen molar-refractivity contribution in [3.8, 4) is 0 Å². The largest absolute Gasteiger partial charge is 0.478 e. The highest BCUT2D eigenvalue weighted by Gasteiger charge is 2.27. The fourth-order valence-corrected chi connectivity index (χ4v) is 3.65. The molecule has 1 N–H and O–H groups in total. The minimum atomic E-state index is -1.02. The number of imidazole rings is 1. The van der Waals surface area contributed by atoms with Gasteiger partial charge in [0.2, 0.25) is 0 Å². The van der Waals surface area contributed by atoms with Crippen LogP contribution in [0.15, 0.2) is 24.3 Å². The third-order valence-corrected chi connectivity index (χ3v) is 4.88. The first-order valence-electron chi connectivity index (χ1n) is 8.33. The molecule has 0 saturated carbocycles. The van der Waals surface area contributed by atoms with E-state index in [0.29, 0.717) is 18.7 Å². The van der Waals surface area contributed by atoms with Gasteiger partial charge in [0.05, 0.1) is 17.8 Å². The fraction of sp³-hybridized carbons (Fsp3) is 0.389. The van der Waals surface area contributed by atoms with Gasteiger partial charge in [-0.1, -0.05) is 6.07 Å². The molecule has 0 radical (unpaired) electrons. The summed E-state index contributed by atoms with van der Waals surface area (Å²) < 4.78 is 2.27. The maximum atomic E-state index is 12.7. The SMILES string of the molecule is O=C(O)c1cccc(C(=O)N2CCn3c(nc4c3CCCC4)C2)c1. The Bertz CT molecular complexity index is 825. The quantitative estimate of drug-likeness (QED) is 0.917. The van der Waals surface area contributed by atoms with Crippen molar-refractivity contribution >= 4 is 11.9 Å². The number of nitrogens with zero attached hydrogens (tertiary/aromatic N) is 3. The molecule has 1 amide bonds. The van der Waals surface area contributed by atoms with E-state index < -0.39 is 5.97 Å². The second-order valence-electron chi connectivity index (χ2n) is 6.39. The minimum Gasteiger partial charge on any atom is -0.478 e. The van der Waals surface area contributed by atoms with E-state index in [9.17, 15) is 9.59 Å². The summed E-state index contributed by atoms with van der Waals surface area (Å²) >= 11 is 0. The first kappa shape index (κ1) is 14.9. The van der Waals surface area contributed by atoms with Gasteiger partial charge in [-0.3, -0.25) is 4.79 Å². The summed E-state index contributed by atoms with van der Waals surface area (Å²) in [5.41, 5.74) is 3.09. The Morgan fingerprint density at radius 2 is 1.88 bits per heavy atom. The van der Waals surface area contributed by atoms with E-state index in [2.05, 4.69) is 4.57 Å². The number of hydrogen-bond acceptors (Lipinski definition) is 3. The number of rotatable bonds is 2. The molecule has 1 aliphatic heterocycles. The van der Waals surface area contributed by atoms with Gasteiger partial charge in [-0.2, -0.15) is 0 Å². The summed E-state index contributed by atoms with van der Waals surface area (Å²) in [6, 6.07) is 6.22. The van der Waals surface area contributed by atoms with Crippen LogP contribution in [0.25, 0.3) is 0 Å². The number of aromatic carboxylic acids is 1. The summed E-state index contributed by atoms with van der Waals surface area (Å²) in [4.78, 5) is 30.3. The van der Waals surface area contributed by atoms with E-state index in [-0.39, 0.29) is 11.5 Å². The Labute approximate surface area is 139 Å². The number of aromatic nitrogens is 2. The number of carbonyl (C=O) groups is 2. The van der Waals surface area contributed by atoms with Crippen LogP contribution >= 0.6 is 0 Å². The zero-order chi connectivity index (χ0) is 16.7. The molecule has 1 aromatic carbocycles. The Kier molecular flexibility index (Phi) is 3.59. The van der Waals surface area contributed by atoms with Gasteiger partial charge in [-0.05, 0) is 43.9 Å². The zero-order valence-electron chi connectivity index (χ0n) is 13.4. The highest BCUT2D eigenvalue weighted by Crippen LogP contribution is 2.25. The summed E-state index contributed by atoms with van der Waals surface area (Å²) in [5, 5.41) is 9.09. The molecule has 4 rings (SSSR count). The van der Waals surface area contributed by atoms with E-state index in [1.165, 1.54) is 36.4 Å². The zero-order valence-corrected chi connectivity index (χ0v) is 13.4. The number of hydrogen-bond donors (Lipinski definition) is 1. The van der Waals surface area contributed by atoms with Crippen molar-refractivity contribution in [1.29, 1.82) is 0 Å². The van der Waals surface area contributed by atoms with Crippen molar-refractivity contribution in [2.75, 3.05) is 6.54 Å². The lowest BCUT2D eigenvalue weighted by molar-refractivity contribution is 0.0696. The molecule has 1 aliphatic carbocycles. The van der Waals surface area contributed by atoms with Gasteiger partial charge >= 0.3 is 5.97 Å². The monoisotopic (exact) mass is 325 g/mol. The van der Waals surface area contributed by atoms with Crippen molar-refractivity contribution in [3.63, 3.8) is 0 Å². The van der Waals surface area contributed by atoms with Crippen LogP contribution in [-0.4, -0.2) is 38.0 Å². The molecule has 0 fully saturated rings. The van der Waals surface area contributed by atoms with Crippen LogP contribution in [0, 0.1) is 0 Å². The molecule has 6 heteroatoms. The van der Waals surface area contributed by atoms with Crippen LogP contribution in [0.1, 0.15) is 50.8 Å². The predicted molar refractivity (Wildman–Crippen MR) is 87.0 cm³/mol. The third-order valence-electron chi connectivity index (χ3n) is 4.88. The van der Waals surface area contributed by atoms with Crippen molar-refractivity contribution in [2.45, 2.75) is 38.8 Å². The summed E-state index contributed by atoms with van der Waals surface area (Å²) in [7, 11) is 0.